The Morgan fingerprint density at radius 1 is 0.895 bits per heavy atom. The fourth-order valence-electron chi connectivity index (χ4n) is 6.81. The Morgan fingerprint density at radius 2 is 1.79 bits per heavy atom. The van der Waals surface area contributed by atoms with Crippen LogP contribution in [0, 0.1) is 34.5 Å². The van der Waals surface area contributed by atoms with E-state index in [4.69, 9.17) is 0 Å². The summed E-state index contributed by atoms with van der Waals surface area (Å²) in [7, 11) is 0. The maximum Gasteiger partial charge on any atom is -0.00872 e. The molecular weight excluding hydrogens is 228 g/mol. The lowest BCUT2D eigenvalue weighted by Gasteiger charge is -2.58. The van der Waals surface area contributed by atoms with Crippen LogP contribution in [-0.2, 0) is 0 Å². The van der Waals surface area contributed by atoms with Crippen LogP contribution in [-0.4, -0.2) is 0 Å². The van der Waals surface area contributed by atoms with Crippen molar-refractivity contribution in [3.8, 4) is 0 Å². The molecule has 0 heterocycles. The molecule has 0 radical (unpaired) electrons. The van der Waals surface area contributed by atoms with E-state index in [9.17, 15) is 0 Å². The average molecular weight is 258 g/mol. The predicted octanol–water partition coefficient (Wildman–Crippen LogP) is 5.59. The molecule has 0 heteroatoms. The minimum Gasteiger partial charge on any atom is -0.0880 e. The molecule has 4 aliphatic rings. The van der Waals surface area contributed by atoms with Gasteiger partial charge in [-0.25, -0.2) is 0 Å². The topological polar surface area (TPSA) is 0 Å². The second-order valence-corrected chi connectivity index (χ2v) is 8.58. The predicted molar refractivity (Wildman–Crippen MR) is 80.9 cm³/mol. The summed E-state index contributed by atoms with van der Waals surface area (Å²) < 4.78 is 0. The molecule has 0 bridgehead atoms. The van der Waals surface area contributed by atoms with E-state index >= 15 is 0 Å². The Morgan fingerprint density at radius 3 is 2.68 bits per heavy atom. The first-order valence-electron chi connectivity index (χ1n) is 8.81. The smallest absolute Gasteiger partial charge is 0.00872 e. The molecule has 6 atom stereocenters. The number of rotatable bonds is 0. The van der Waals surface area contributed by atoms with Crippen LogP contribution in [0.15, 0.2) is 12.2 Å². The Bertz CT molecular complexity index is 395. The normalized spacial score (nSPS) is 56.3. The second kappa shape index (κ2) is 4.12. The van der Waals surface area contributed by atoms with Gasteiger partial charge in [-0.2, -0.15) is 0 Å². The Kier molecular flexibility index (Phi) is 2.71. The highest BCUT2D eigenvalue weighted by molar-refractivity contribution is 5.14. The highest BCUT2D eigenvalue weighted by Gasteiger charge is 2.56. The van der Waals surface area contributed by atoms with Crippen molar-refractivity contribution in [2.75, 3.05) is 0 Å². The van der Waals surface area contributed by atoms with Crippen molar-refractivity contribution >= 4 is 0 Å². The van der Waals surface area contributed by atoms with E-state index in [0.717, 1.165) is 29.1 Å². The third-order valence-corrected chi connectivity index (χ3v) is 7.90. The zero-order valence-corrected chi connectivity index (χ0v) is 12.8. The van der Waals surface area contributed by atoms with Gasteiger partial charge in [-0.3, -0.25) is 0 Å². The Labute approximate surface area is 119 Å². The molecule has 4 aliphatic carbocycles. The number of hydrogen-bond acceptors (Lipinski definition) is 0. The lowest BCUT2D eigenvalue weighted by molar-refractivity contribution is -0.0679. The van der Waals surface area contributed by atoms with Crippen LogP contribution in [0.5, 0.6) is 0 Å². The Balaban J connectivity index is 1.68. The van der Waals surface area contributed by atoms with Crippen molar-refractivity contribution in [1.82, 2.24) is 0 Å². The maximum atomic E-state index is 2.65. The van der Waals surface area contributed by atoms with Gasteiger partial charge in [0.1, 0.15) is 0 Å². The van der Waals surface area contributed by atoms with E-state index in [0.29, 0.717) is 5.41 Å². The summed E-state index contributed by atoms with van der Waals surface area (Å²) in [6.45, 7) is 5.23. The van der Waals surface area contributed by atoms with Gasteiger partial charge in [0.05, 0.1) is 0 Å². The van der Waals surface area contributed by atoms with Crippen molar-refractivity contribution in [2.45, 2.75) is 71.6 Å². The monoisotopic (exact) mass is 258 g/mol. The van der Waals surface area contributed by atoms with Gasteiger partial charge in [0, 0.05) is 0 Å². The lowest BCUT2D eigenvalue weighted by Crippen LogP contribution is -2.50. The van der Waals surface area contributed by atoms with E-state index in [2.05, 4.69) is 26.0 Å². The zero-order valence-electron chi connectivity index (χ0n) is 12.8. The minimum absolute atomic E-state index is 0.561. The summed E-state index contributed by atoms with van der Waals surface area (Å²) in [5.41, 5.74) is 1.29. The lowest BCUT2D eigenvalue weighted by atomic mass is 9.46. The summed E-state index contributed by atoms with van der Waals surface area (Å²) >= 11 is 0. The second-order valence-electron chi connectivity index (χ2n) is 8.58. The van der Waals surface area contributed by atoms with Gasteiger partial charge in [0.2, 0.25) is 0 Å². The van der Waals surface area contributed by atoms with Gasteiger partial charge < -0.3 is 0 Å². The highest BCUT2D eigenvalue weighted by Crippen LogP contribution is 2.65. The molecule has 0 aromatic carbocycles. The molecule has 106 valence electrons. The molecule has 0 unspecified atom stereocenters. The standard InChI is InChI=1S/C19H30/c1-18-11-5-7-16(18)15-9-8-14-6-3-4-12-19(14,2)17(15)10-13-18/h4,12,14-17H,3,5-11,13H2,1-2H3/t14-,15+,16-,17+,18-,19+/m1/s1. The number of fused-ring (bicyclic) bond motifs is 5. The summed E-state index contributed by atoms with van der Waals surface area (Å²) in [5, 5.41) is 0. The largest absolute Gasteiger partial charge is 0.0880 e. The first-order valence-corrected chi connectivity index (χ1v) is 8.81. The van der Waals surface area contributed by atoms with E-state index in [1.807, 2.05) is 0 Å². The van der Waals surface area contributed by atoms with Gasteiger partial charge in [0.15, 0.2) is 0 Å². The zero-order chi connectivity index (χ0) is 13.1. The molecule has 0 N–H and O–H groups in total. The molecule has 0 aliphatic heterocycles. The van der Waals surface area contributed by atoms with Gasteiger partial charge in [0.25, 0.3) is 0 Å². The molecule has 3 saturated carbocycles. The van der Waals surface area contributed by atoms with Crippen molar-refractivity contribution in [3.63, 3.8) is 0 Å². The SMILES string of the molecule is C[C@]12CCC[C@@H]1[C@@H]1CC[C@H]3CCC=C[C@]3(C)[C@H]1CC2. The third kappa shape index (κ3) is 1.64. The summed E-state index contributed by atoms with van der Waals surface area (Å²) in [6, 6.07) is 0. The van der Waals surface area contributed by atoms with E-state index in [1.165, 1.54) is 44.9 Å². The van der Waals surface area contributed by atoms with Crippen LogP contribution in [0.3, 0.4) is 0 Å². The molecule has 0 amide bonds. The van der Waals surface area contributed by atoms with Gasteiger partial charge in [-0.1, -0.05) is 32.4 Å². The van der Waals surface area contributed by atoms with Crippen LogP contribution in [0.1, 0.15) is 71.6 Å². The first-order chi connectivity index (χ1) is 9.13. The molecule has 0 aromatic rings. The summed E-state index contributed by atoms with van der Waals surface area (Å²) in [4.78, 5) is 0. The molecule has 0 nitrogen and oxygen atoms in total. The van der Waals surface area contributed by atoms with Gasteiger partial charge in [-0.05, 0) is 85.9 Å². The van der Waals surface area contributed by atoms with Crippen LogP contribution >= 0.6 is 0 Å². The van der Waals surface area contributed by atoms with E-state index < -0.39 is 0 Å². The fourth-order valence-corrected chi connectivity index (χ4v) is 6.81. The van der Waals surface area contributed by atoms with Crippen LogP contribution in [0.4, 0.5) is 0 Å². The van der Waals surface area contributed by atoms with Crippen molar-refractivity contribution in [1.29, 1.82) is 0 Å². The van der Waals surface area contributed by atoms with E-state index in [1.54, 1.807) is 12.8 Å². The molecular formula is C19H30. The van der Waals surface area contributed by atoms with Gasteiger partial charge >= 0.3 is 0 Å². The molecule has 0 spiro atoms. The summed E-state index contributed by atoms with van der Waals surface area (Å²) in [6.07, 6.45) is 18.7. The molecule has 3 fully saturated rings. The van der Waals surface area contributed by atoms with Crippen molar-refractivity contribution < 1.29 is 0 Å². The molecule has 0 aromatic heterocycles. The van der Waals surface area contributed by atoms with Gasteiger partial charge in [-0.15, -0.1) is 0 Å². The first kappa shape index (κ1) is 12.5. The average Bonchev–Trinajstić information content (AvgIpc) is 2.79. The fraction of sp³-hybridized carbons (Fsp3) is 0.895. The molecule has 4 rings (SSSR count). The third-order valence-electron chi connectivity index (χ3n) is 7.90. The minimum atomic E-state index is 0.561. The van der Waals surface area contributed by atoms with Crippen molar-refractivity contribution in [2.24, 2.45) is 34.5 Å². The Hall–Kier alpha value is -0.260. The van der Waals surface area contributed by atoms with Crippen LogP contribution < -0.4 is 0 Å². The van der Waals surface area contributed by atoms with Crippen molar-refractivity contribution in [3.05, 3.63) is 12.2 Å². The summed E-state index contributed by atoms with van der Waals surface area (Å²) in [5.74, 6) is 4.15. The maximum absolute atomic E-state index is 2.65. The van der Waals surface area contributed by atoms with E-state index in [-0.39, 0.29) is 0 Å². The molecule has 0 saturated heterocycles. The quantitative estimate of drug-likeness (QED) is 0.497. The van der Waals surface area contributed by atoms with Crippen LogP contribution in [0.25, 0.3) is 0 Å². The highest BCUT2D eigenvalue weighted by atomic mass is 14.6. The number of hydrogen-bond donors (Lipinski definition) is 0. The molecule has 19 heavy (non-hydrogen) atoms. The number of allylic oxidation sites excluding steroid dienone is 2. The van der Waals surface area contributed by atoms with Crippen LogP contribution in [0.2, 0.25) is 0 Å².